The van der Waals surface area contributed by atoms with Gasteiger partial charge in [0.2, 0.25) is 10.0 Å². The number of nitrogens with one attached hydrogen (secondary N) is 1. The van der Waals surface area contributed by atoms with Gasteiger partial charge in [-0.2, -0.15) is 0 Å². The molecule has 21 heavy (non-hydrogen) atoms. The quantitative estimate of drug-likeness (QED) is 0.783. The molecule has 3 N–H and O–H groups in total. The molecule has 112 valence electrons. The zero-order chi connectivity index (χ0) is 15.6. The van der Waals surface area contributed by atoms with E-state index in [9.17, 15) is 8.42 Å². The number of nitrogens with two attached hydrogens (primary N) is 1. The Hall–Kier alpha value is -1.28. The molecule has 0 saturated carbocycles. The fourth-order valence-corrected chi connectivity index (χ4v) is 3.02. The molecular formula is C13H12BrClN2O3S. The first-order chi connectivity index (χ1) is 9.83. The maximum atomic E-state index is 11.8. The molecule has 0 amide bonds. The fourth-order valence-electron chi connectivity index (χ4n) is 1.56. The van der Waals surface area contributed by atoms with Crippen LogP contribution in [-0.4, -0.2) is 15.5 Å². The van der Waals surface area contributed by atoms with Crippen LogP contribution in [0.15, 0.2) is 45.8 Å². The summed E-state index contributed by atoms with van der Waals surface area (Å²) in [6, 6.07) is 9.29. The van der Waals surface area contributed by atoms with Crippen LogP contribution in [0.1, 0.15) is 0 Å². The van der Waals surface area contributed by atoms with E-state index < -0.39 is 10.0 Å². The molecule has 8 heteroatoms. The number of hydrogen-bond donors (Lipinski definition) is 2. The average molecular weight is 392 g/mol. The number of rotatable bonds is 4. The predicted octanol–water partition coefficient (Wildman–Crippen LogP) is 3.39. The van der Waals surface area contributed by atoms with E-state index in [1.54, 1.807) is 18.2 Å². The van der Waals surface area contributed by atoms with Crippen molar-refractivity contribution < 1.29 is 13.2 Å². The number of halogens is 2. The SMILES string of the molecule is CNS(=O)(=O)c1ccc(N)c(Oc2ccc(Br)cc2Cl)c1. The minimum atomic E-state index is -3.57. The van der Waals surface area contributed by atoms with E-state index in [0.717, 1.165) is 4.47 Å². The molecule has 0 aliphatic heterocycles. The van der Waals surface area contributed by atoms with Gasteiger partial charge in [0, 0.05) is 10.5 Å². The monoisotopic (exact) mass is 390 g/mol. The van der Waals surface area contributed by atoms with Crippen molar-refractivity contribution in [1.82, 2.24) is 4.72 Å². The minimum Gasteiger partial charge on any atom is -0.454 e. The third kappa shape index (κ3) is 3.68. The lowest BCUT2D eigenvalue weighted by Crippen LogP contribution is -2.18. The molecule has 0 radical (unpaired) electrons. The Bertz CT molecular complexity index is 781. The van der Waals surface area contributed by atoms with Gasteiger partial charge in [-0.05, 0) is 37.4 Å². The Morgan fingerprint density at radius 1 is 1.19 bits per heavy atom. The Morgan fingerprint density at radius 2 is 1.90 bits per heavy atom. The van der Waals surface area contributed by atoms with Gasteiger partial charge in [0.15, 0.2) is 5.75 Å². The van der Waals surface area contributed by atoms with Crippen molar-refractivity contribution in [3.63, 3.8) is 0 Å². The number of ether oxygens (including phenoxy) is 1. The van der Waals surface area contributed by atoms with Crippen LogP contribution in [0.5, 0.6) is 11.5 Å². The van der Waals surface area contributed by atoms with Crippen molar-refractivity contribution in [3.8, 4) is 11.5 Å². The van der Waals surface area contributed by atoms with Gasteiger partial charge in [0.1, 0.15) is 5.75 Å². The summed E-state index contributed by atoms with van der Waals surface area (Å²) in [4.78, 5) is 0.0578. The first kappa shape index (κ1) is 16.1. The van der Waals surface area contributed by atoms with Crippen LogP contribution >= 0.6 is 27.5 Å². The first-order valence-corrected chi connectivity index (χ1v) is 8.45. The molecule has 2 aromatic rings. The molecule has 0 spiro atoms. The van der Waals surface area contributed by atoms with E-state index in [2.05, 4.69) is 20.7 Å². The summed E-state index contributed by atoms with van der Waals surface area (Å²) >= 11 is 9.35. The Labute approximate surface area is 136 Å². The number of sulfonamides is 1. The molecule has 0 aromatic heterocycles. The summed E-state index contributed by atoms with van der Waals surface area (Å²) in [6.07, 6.45) is 0. The smallest absolute Gasteiger partial charge is 0.240 e. The molecule has 0 bridgehead atoms. The number of nitrogen functional groups attached to an aromatic ring is 1. The molecule has 0 atom stereocenters. The fraction of sp³-hybridized carbons (Fsp3) is 0.0769. The molecule has 5 nitrogen and oxygen atoms in total. The molecule has 0 saturated heterocycles. The molecule has 0 fully saturated rings. The van der Waals surface area contributed by atoms with Gasteiger partial charge < -0.3 is 10.5 Å². The lowest BCUT2D eigenvalue weighted by atomic mass is 10.3. The molecule has 2 rings (SSSR count). The molecule has 0 aliphatic carbocycles. The highest BCUT2D eigenvalue weighted by Crippen LogP contribution is 2.35. The summed E-state index contributed by atoms with van der Waals surface area (Å²) in [5.41, 5.74) is 6.12. The highest BCUT2D eigenvalue weighted by atomic mass is 79.9. The van der Waals surface area contributed by atoms with Crippen molar-refractivity contribution in [2.75, 3.05) is 12.8 Å². The van der Waals surface area contributed by atoms with Crippen LogP contribution in [0.2, 0.25) is 5.02 Å². The second-order valence-corrected chi connectivity index (χ2v) is 7.29. The van der Waals surface area contributed by atoms with Crippen LogP contribution in [-0.2, 0) is 10.0 Å². The second-order valence-electron chi connectivity index (χ2n) is 4.08. The summed E-state index contributed by atoms with van der Waals surface area (Å²) in [7, 11) is -2.24. The zero-order valence-corrected chi connectivity index (χ0v) is 14.1. The third-order valence-electron chi connectivity index (χ3n) is 2.68. The Balaban J connectivity index is 2.42. The molecule has 0 unspecified atom stereocenters. The lowest BCUT2D eigenvalue weighted by Gasteiger charge is -2.12. The summed E-state index contributed by atoms with van der Waals surface area (Å²) in [5.74, 6) is 0.598. The number of benzene rings is 2. The van der Waals surface area contributed by atoms with Crippen molar-refractivity contribution in [2.24, 2.45) is 0 Å². The van der Waals surface area contributed by atoms with E-state index in [4.69, 9.17) is 22.1 Å². The molecule has 0 heterocycles. The Kier molecular flexibility index (Phi) is 4.77. The number of anilines is 1. The maximum Gasteiger partial charge on any atom is 0.240 e. The van der Waals surface area contributed by atoms with E-state index in [1.807, 2.05) is 0 Å². The van der Waals surface area contributed by atoms with Crippen LogP contribution in [0.25, 0.3) is 0 Å². The first-order valence-electron chi connectivity index (χ1n) is 5.79. The van der Waals surface area contributed by atoms with Crippen molar-refractivity contribution in [1.29, 1.82) is 0 Å². The summed E-state index contributed by atoms with van der Waals surface area (Å²) in [5, 5.41) is 0.380. The molecule has 2 aromatic carbocycles. The normalized spacial score (nSPS) is 11.4. The van der Waals surface area contributed by atoms with Gasteiger partial charge in [-0.1, -0.05) is 27.5 Å². The zero-order valence-electron chi connectivity index (χ0n) is 10.9. The van der Waals surface area contributed by atoms with E-state index >= 15 is 0 Å². The van der Waals surface area contributed by atoms with Crippen molar-refractivity contribution in [3.05, 3.63) is 45.9 Å². The van der Waals surface area contributed by atoms with Gasteiger partial charge in [-0.3, -0.25) is 0 Å². The third-order valence-corrected chi connectivity index (χ3v) is 4.88. The van der Waals surface area contributed by atoms with E-state index in [-0.39, 0.29) is 10.6 Å². The van der Waals surface area contributed by atoms with Gasteiger partial charge in [0.25, 0.3) is 0 Å². The predicted molar refractivity (Wildman–Crippen MR) is 86.3 cm³/mol. The average Bonchev–Trinajstić information content (AvgIpc) is 2.43. The highest BCUT2D eigenvalue weighted by Gasteiger charge is 2.15. The van der Waals surface area contributed by atoms with Crippen LogP contribution in [0, 0.1) is 0 Å². The lowest BCUT2D eigenvalue weighted by molar-refractivity contribution is 0.483. The number of hydrogen-bond acceptors (Lipinski definition) is 4. The van der Waals surface area contributed by atoms with E-state index in [1.165, 1.54) is 25.2 Å². The summed E-state index contributed by atoms with van der Waals surface area (Å²) in [6.45, 7) is 0. The second kappa shape index (κ2) is 6.23. The van der Waals surface area contributed by atoms with Crippen LogP contribution in [0.3, 0.4) is 0 Å². The van der Waals surface area contributed by atoms with Crippen LogP contribution < -0.4 is 15.2 Å². The van der Waals surface area contributed by atoms with Gasteiger partial charge in [-0.25, -0.2) is 13.1 Å². The maximum absolute atomic E-state index is 11.8. The van der Waals surface area contributed by atoms with Gasteiger partial charge in [0.05, 0.1) is 15.6 Å². The minimum absolute atomic E-state index is 0.0578. The Morgan fingerprint density at radius 3 is 2.52 bits per heavy atom. The van der Waals surface area contributed by atoms with Gasteiger partial charge >= 0.3 is 0 Å². The topological polar surface area (TPSA) is 81.4 Å². The van der Waals surface area contributed by atoms with Gasteiger partial charge in [-0.15, -0.1) is 0 Å². The largest absolute Gasteiger partial charge is 0.454 e. The van der Waals surface area contributed by atoms with Crippen molar-refractivity contribution >= 4 is 43.2 Å². The molecule has 0 aliphatic rings. The highest BCUT2D eigenvalue weighted by molar-refractivity contribution is 9.10. The van der Waals surface area contributed by atoms with Crippen molar-refractivity contribution in [2.45, 2.75) is 4.90 Å². The standard InChI is InChI=1S/C13H12BrClN2O3S/c1-17-21(18,19)9-3-4-11(16)13(7-9)20-12-5-2-8(14)6-10(12)15/h2-7,17H,16H2,1H3. The van der Waals surface area contributed by atoms with Crippen LogP contribution in [0.4, 0.5) is 5.69 Å². The van der Waals surface area contributed by atoms with E-state index in [0.29, 0.717) is 16.5 Å². The molecular weight excluding hydrogens is 380 g/mol. The summed E-state index contributed by atoms with van der Waals surface area (Å²) < 4.78 is 32.2.